The first kappa shape index (κ1) is 9.90. The van der Waals surface area contributed by atoms with E-state index in [1.165, 1.54) is 0 Å². The van der Waals surface area contributed by atoms with Crippen LogP contribution in [0.4, 0.5) is 0 Å². The van der Waals surface area contributed by atoms with Crippen molar-refractivity contribution in [1.82, 2.24) is 0 Å². The van der Waals surface area contributed by atoms with Crippen LogP contribution >= 0.6 is 15.9 Å². The Labute approximate surface area is 101 Å². The highest BCUT2D eigenvalue weighted by atomic mass is 79.9. The fourth-order valence-electron chi connectivity index (χ4n) is 2.12. The molecule has 1 aromatic heterocycles. The number of fused-ring (bicyclic) bond motifs is 3. The smallest absolute Gasteiger partial charge is 0.343 e. The highest BCUT2D eigenvalue weighted by Crippen LogP contribution is 2.39. The van der Waals surface area contributed by atoms with Gasteiger partial charge in [0, 0.05) is 10.9 Å². The summed E-state index contributed by atoms with van der Waals surface area (Å²) in [6.45, 7) is 2.00. The van der Waals surface area contributed by atoms with Gasteiger partial charge < -0.3 is 9.15 Å². The average molecular weight is 281 g/mol. The molecular formula is C12H9BrO3. The second-order valence-corrected chi connectivity index (χ2v) is 4.65. The predicted molar refractivity (Wildman–Crippen MR) is 62.4 cm³/mol. The van der Waals surface area contributed by atoms with Crippen molar-refractivity contribution in [1.29, 1.82) is 0 Å². The molecule has 0 saturated heterocycles. The number of esters is 1. The molecule has 2 aromatic rings. The molecule has 2 heterocycles. The van der Waals surface area contributed by atoms with E-state index in [0.29, 0.717) is 11.1 Å². The zero-order valence-corrected chi connectivity index (χ0v) is 10.2. The second kappa shape index (κ2) is 3.35. The van der Waals surface area contributed by atoms with Gasteiger partial charge in [0.1, 0.15) is 23.5 Å². The Morgan fingerprint density at radius 3 is 3.00 bits per heavy atom. The van der Waals surface area contributed by atoms with Crippen LogP contribution in [0.5, 0.6) is 0 Å². The molecule has 1 aliphatic heterocycles. The number of cyclic esters (lactones) is 1. The number of carbonyl (C=O) groups is 1. The van der Waals surface area contributed by atoms with E-state index in [9.17, 15) is 4.79 Å². The third-order valence-corrected chi connectivity index (χ3v) is 3.51. The molecular weight excluding hydrogens is 272 g/mol. The van der Waals surface area contributed by atoms with Crippen molar-refractivity contribution in [2.75, 3.05) is 0 Å². The van der Waals surface area contributed by atoms with Crippen LogP contribution in [0.3, 0.4) is 0 Å². The number of benzene rings is 1. The van der Waals surface area contributed by atoms with Gasteiger partial charge in [0.25, 0.3) is 0 Å². The van der Waals surface area contributed by atoms with Gasteiger partial charge in [-0.15, -0.1) is 0 Å². The first-order valence-corrected chi connectivity index (χ1v) is 5.92. The lowest BCUT2D eigenvalue weighted by atomic mass is 10.0. The fraction of sp³-hybridized carbons (Fsp3) is 0.250. The molecule has 0 aliphatic carbocycles. The van der Waals surface area contributed by atoms with Gasteiger partial charge in [0.15, 0.2) is 0 Å². The van der Waals surface area contributed by atoms with E-state index in [1.54, 1.807) is 6.26 Å². The minimum absolute atomic E-state index is 0.129. The molecule has 1 aliphatic rings. The van der Waals surface area contributed by atoms with E-state index in [-0.39, 0.29) is 12.1 Å². The normalized spacial score (nSPS) is 18.9. The van der Waals surface area contributed by atoms with Crippen LogP contribution in [0.2, 0.25) is 0 Å². The number of ether oxygens (including phenoxy) is 1. The third-order valence-electron chi connectivity index (χ3n) is 2.90. The zero-order chi connectivity index (χ0) is 11.3. The van der Waals surface area contributed by atoms with E-state index in [0.717, 1.165) is 21.8 Å². The molecule has 4 heteroatoms. The van der Waals surface area contributed by atoms with Gasteiger partial charge in [0.05, 0.1) is 4.47 Å². The maximum Gasteiger partial charge on any atom is 0.343 e. The number of halogens is 1. The Bertz CT molecular complexity index is 585. The monoisotopic (exact) mass is 280 g/mol. The summed E-state index contributed by atoms with van der Waals surface area (Å²) in [6.07, 6.45) is 2.25. The van der Waals surface area contributed by atoms with Crippen molar-refractivity contribution in [3.8, 4) is 0 Å². The van der Waals surface area contributed by atoms with Gasteiger partial charge in [0.2, 0.25) is 0 Å². The summed E-state index contributed by atoms with van der Waals surface area (Å²) in [7, 11) is 0. The summed E-state index contributed by atoms with van der Waals surface area (Å²) in [5.41, 5.74) is 2.13. The van der Waals surface area contributed by atoms with E-state index in [1.807, 2.05) is 19.1 Å². The van der Waals surface area contributed by atoms with Crippen LogP contribution in [0.25, 0.3) is 11.0 Å². The van der Waals surface area contributed by atoms with E-state index >= 15 is 0 Å². The van der Waals surface area contributed by atoms with Crippen molar-refractivity contribution in [2.24, 2.45) is 0 Å². The highest BCUT2D eigenvalue weighted by molar-refractivity contribution is 9.10. The summed E-state index contributed by atoms with van der Waals surface area (Å²) >= 11 is 3.38. The van der Waals surface area contributed by atoms with Crippen LogP contribution in [-0.4, -0.2) is 5.97 Å². The number of rotatable bonds is 1. The fourth-order valence-corrected chi connectivity index (χ4v) is 2.52. The lowest BCUT2D eigenvalue weighted by Gasteiger charge is -2.05. The maximum atomic E-state index is 11.8. The SMILES string of the molecule is CCC1OC(=O)c2c1ccc1c(Br)coc21. The molecule has 1 aromatic carbocycles. The number of hydrogen-bond acceptors (Lipinski definition) is 3. The molecule has 82 valence electrons. The Hall–Kier alpha value is -1.29. The number of furan rings is 1. The molecule has 0 bridgehead atoms. The van der Waals surface area contributed by atoms with Gasteiger partial charge in [-0.3, -0.25) is 0 Å². The first-order chi connectivity index (χ1) is 7.72. The van der Waals surface area contributed by atoms with Crippen molar-refractivity contribution < 1.29 is 13.9 Å². The van der Waals surface area contributed by atoms with E-state index in [4.69, 9.17) is 9.15 Å². The zero-order valence-electron chi connectivity index (χ0n) is 8.62. The summed E-state index contributed by atoms with van der Waals surface area (Å²) in [6, 6.07) is 3.89. The molecule has 1 unspecified atom stereocenters. The minimum atomic E-state index is -0.283. The predicted octanol–water partition coefficient (Wildman–Crippen LogP) is 3.82. The average Bonchev–Trinajstić information content (AvgIpc) is 2.81. The van der Waals surface area contributed by atoms with Crippen molar-refractivity contribution in [3.63, 3.8) is 0 Å². The molecule has 0 amide bonds. The molecule has 0 spiro atoms. The van der Waals surface area contributed by atoms with Crippen LogP contribution in [0, 0.1) is 0 Å². The largest absolute Gasteiger partial charge is 0.462 e. The third kappa shape index (κ3) is 1.16. The van der Waals surface area contributed by atoms with Crippen LogP contribution in [0.15, 0.2) is 27.3 Å². The molecule has 1 atom stereocenters. The molecule has 3 rings (SSSR count). The first-order valence-electron chi connectivity index (χ1n) is 5.13. The molecule has 16 heavy (non-hydrogen) atoms. The van der Waals surface area contributed by atoms with Gasteiger partial charge in [-0.25, -0.2) is 4.79 Å². The topological polar surface area (TPSA) is 39.4 Å². The maximum absolute atomic E-state index is 11.8. The highest BCUT2D eigenvalue weighted by Gasteiger charge is 2.33. The van der Waals surface area contributed by atoms with Crippen LogP contribution in [0.1, 0.15) is 35.4 Å². The Morgan fingerprint density at radius 2 is 2.25 bits per heavy atom. The van der Waals surface area contributed by atoms with E-state index < -0.39 is 0 Å². The van der Waals surface area contributed by atoms with Gasteiger partial charge in [-0.05, 0) is 28.4 Å². The van der Waals surface area contributed by atoms with Crippen LogP contribution in [-0.2, 0) is 4.74 Å². The molecule has 0 radical (unpaired) electrons. The van der Waals surface area contributed by atoms with Crippen molar-refractivity contribution in [2.45, 2.75) is 19.4 Å². The number of hydrogen-bond donors (Lipinski definition) is 0. The number of carbonyl (C=O) groups excluding carboxylic acids is 1. The van der Waals surface area contributed by atoms with Gasteiger partial charge in [-0.1, -0.05) is 13.0 Å². The summed E-state index contributed by atoms with van der Waals surface area (Å²) in [4.78, 5) is 11.8. The van der Waals surface area contributed by atoms with Gasteiger partial charge in [-0.2, -0.15) is 0 Å². The van der Waals surface area contributed by atoms with Crippen molar-refractivity contribution >= 4 is 32.9 Å². The van der Waals surface area contributed by atoms with E-state index in [2.05, 4.69) is 15.9 Å². The second-order valence-electron chi connectivity index (χ2n) is 3.79. The summed E-state index contributed by atoms with van der Waals surface area (Å²) in [5, 5.41) is 0.910. The molecule has 0 N–H and O–H groups in total. The Kier molecular flexibility index (Phi) is 2.07. The Balaban J connectivity index is 2.35. The molecule has 0 fully saturated rings. The lowest BCUT2D eigenvalue weighted by Crippen LogP contribution is -1.96. The molecule has 3 nitrogen and oxygen atoms in total. The standard InChI is InChI=1S/C12H9BrO3/c1-2-9-7-4-3-6-8(13)5-15-11(6)10(7)12(14)16-9/h3-5,9H,2H2,1H3. The van der Waals surface area contributed by atoms with Crippen LogP contribution < -0.4 is 0 Å². The summed E-state index contributed by atoms with van der Waals surface area (Å²) < 4.78 is 11.6. The lowest BCUT2D eigenvalue weighted by molar-refractivity contribution is 0.0379. The summed E-state index contributed by atoms with van der Waals surface area (Å²) in [5.74, 6) is -0.283. The Morgan fingerprint density at radius 1 is 1.44 bits per heavy atom. The van der Waals surface area contributed by atoms with Crippen molar-refractivity contribution in [3.05, 3.63) is 34.0 Å². The molecule has 0 saturated carbocycles. The quantitative estimate of drug-likeness (QED) is 0.746. The minimum Gasteiger partial charge on any atom is -0.462 e. The van der Waals surface area contributed by atoms with Gasteiger partial charge >= 0.3 is 5.97 Å².